The Balaban J connectivity index is 3.71. The van der Waals surface area contributed by atoms with Crippen LogP contribution in [0.5, 0.6) is 0 Å². The summed E-state index contributed by atoms with van der Waals surface area (Å²) < 4.78 is 0. The van der Waals surface area contributed by atoms with Crippen molar-refractivity contribution in [2.45, 2.75) is 175 Å². The highest BCUT2D eigenvalue weighted by molar-refractivity contribution is 4.96. The van der Waals surface area contributed by atoms with Gasteiger partial charge in [0.2, 0.25) is 0 Å². The summed E-state index contributed by atoms with van der Waals surface area (Å²) in [7, 11) is 0. The lowest BCUT2D eigenvalue weighted by atomic mass is 9.88. The molecule has 0 heterocycles. The number of unbranched alkanes of at least 4 members (excludes halogenated alkanes) is 12. The van der Waals surface area contributed by atoms with E-state index in [9.17, 15) is 0 Å². The highest BCUT2D eigenvalue weighted by atomic mass is 15.1. The molecule has 1 heteroatoms. The Labute approximate surface area is 242 Å². The molecule has 38 heavy (non-hydrogen) atoms. The van der Waals surface area contributed by atoms with Crippen LogP contribution in [-0.4, -0.2) is 24.5 Å². The number of rotatable bonds is 30. The summed E-state index contributed by atoms with van der Waals surface area (Å²) in [5, 5.41) is 0. The monoisotopic (exact) mass is 530 g/mol. The molecular formula is C37H71N. The zero-order chi connectivity index (χ0) is 28.1. The molecule has 0 aliphatic rings. The lowest BCUT2D eigenvalue weighted by molar-refractivity contribution is 0.296. The average Bonchev–Trinajstić information content (AvgIpc) is 2.92. The van der Waals surface area contributed by atoms with E-state index < -0.39 is 0 Å². The van der Waals surface area contributed by atoms with Crippen molar-refractivity contribution in [3.63, 3.8) is 0 Å². The van der Waals surface area contributed by atoms with Crippen molar-refractivity contribution in [3.8, 4) is 0 Å². The quantitative estimate of drug-likeness (QED) is 0.0660. The Bertz CT molecular complexity index is 541. The molecule has 0 spiro atoms. The van der Waals surface area contributed by atoms with Crippen LogP contribution in [0.15, 0.2) is 36.5 Å². The van der Waals surface area contributed by atoms with E-state index in [-0.39, 0.29) is 0 Å². The van der Waals surface area contributed by atoms with Gasteiger partial charge in [-0.15, -0.1) is 0 Å². The minimum Gasteiger partial charge on any atom is -0.304 e. The first-order valence-corrected chi connectivity index (χ1v) is 17.3. The van der Waals surface area contributed by atoms with Gasteiger partial charge in [-0.2, -0.15) is 0 Å². The van der Waals surface area contributed by atoms with Crippen LogP contribution < -0.4 is 0 Å². The molecule has 0 radical (unpaired) electrons. The van der Waals surface area contributed by atoms with E-state index >= 15 is 0 Å². The van der Waals surface area contributed by atoms with Crippen molar-refractivity contribution < 1.29 is 0 Å². The van der Waals surface area contributed by atoms with Gasteiger partial charge in [-0.25, -0.2) is 0 Å². The fourth-order valence-corrected chi connectivity index (χ4v) is 5.60. The van der Waals surface area contributed by atoms with E-state index in [1.54, 1.807) is 0 Å². The summed E-state index contributed by atoms with van der Waals surface area (Å²) in [4.78, 5) is 2.53. The first-order valence-electron chi connectivity index (χ1n) is 17.3. The number of allylic oxidation sites excluding steroid dienone is 4. The Kier molecular flexibility index (Phi) is 28.5. The van der Waals surface area contributed by atoms with E-state index in [4.69, 9.17) is 0 Å². The van der Waals surface area contributed by atoms with Crippen LogP contribution in [0.4, 0.5) is 0 Å². The Hall–Kier alpha value is -0.820. The SMILES string of the molecule is C=C(CCCCCCCCCC/C=C\CCCCC)CCC(CCC)CCC(=C)CCCCN(CC)CC. The van der Waals surface area contributed by atoms with Crippen LogP contribution in [0.2, 0.25) is 0 Å². The molecule has 224 valence electrons. The minimum atomic E-state index is 0.862. The smallest absolute Gasteiger partial charge is 0.00189 e. The molecule has 0 N–H and O–H groups in total. The van der Waals surface area contributed by atoms with Crippen molar-refractivity contribution in [3.05, 3.63) is 36.5 Å². The summed E-state index contributed by atoms with van der Waals surface area (Å²) in [5.74, 6) is 0.862. The summed E-state index contributed by atoms with van der Waals surface area (Å²) >= 11 is 0. The van der Waals surface area contributed by atoms with Gasteiger partial charge in [-0.1, -0.05) is 128 Å². The maximum atomic E-state index is 4.44. The molecule has 0 fully saturated rings. The molecule has 1 nitrogen and oxygen atoms in total. The molecule has 0 aromatic heterocycles. The second-order valence-electron chi connectivity index (χ2n) is 12.1. The van der Waals surface area contributed by atoms with Gasteiger partial charge in [0.25, 0.3) is 0 Å². The Morgan fingerprint density at radius 2 is 1.00 bits per heavy atom. The summed E-state index contributed by atoms with van der Waals surface area (Å²) in [6.45, 7) is 21.6. The third kappa shape index (κ3) is 25.5. The van der Waals surface area contributed by atoms with Crippen molar-refractivity contribution >= 4 is 0 Å². The molecule has 0 saturated carbocycles. The molecule has 0 saturated heterocycles. The molecule has 0 aromatic rings. The first-order chi connectivity index (χ1) is 18.6. The van der Waals surface area contributed by atoms with Gasteiger partial charge in [0, 0.05) is 0 Å². The van der Waals surface area contributed by atoms with E-state index in [1.807, 2.05) is 0 Å². The molecule has 0 amide bonds. The van der Waals surface area contributed by atoms with Crippen LogP contribution >= 0.6 is 0 Å². The molecule has 0 bridgehead atoms. The number of hydrogen-bond donors (Lipinski definition) is 0. The van der Waals surface area contributed by atoms with Gasteiger partial charge in [0.15, 0.2) is 0 Å². The van der Waals surface area contributed by atoms with Gasteiger partial charge in [-0.3, -0.25) is 0 Å². The minimum absolute atomic E-state index is 0.862. The largest absolute Gasteiger partial charge is 0.304 e. The van der Waals surface area contributed by atoms with Gasteiger partial charge in [0.05, 0.1) is 0 Å². The number of nitrogens with zero attached hydrogens (tertiary/aromatic N) is 1. The van der Waals surface area contributed by atoms with Crippen molar-refractivity contribution in [2.75, 3.05) is 19.6 Å². The van der Waals surface area contributed by atoms with Crippen molar-refractivity contribution in [2.24, 2.45) is 5.92 Å². The zero-order valence-electron chi connectivity index (χ0n) is 27.0. The zero-order valence-corrected chi connectivity index (χ0v) is 27.0. The number of hydrogen-bond acceptors (Lipinski definition) is 1. The Morgan fingerprint density at radius 3 is 1.50 bits per heavy atom. The lowest BCUT2D eigenvalue weighted by Crippen LogP contribution is -2.23. The summed E-state index contributed by atoms with van der Waals surface area (Å²) in [6.07, 6.45) is 35.7. The highest BCUT2D eigenvalue weighted by Gasteiger charge is 2.10. The van der Waals surface area contributed by atoms with Crippen molar-refractivity contribution in [1.82, 2.24) is 4.90 Å². The molecule has 0 aromatic carbocycles. The maximum Gasteiger partial charge on any atom is -0.00189 e. The molecular weight excluding hydrogens is 458 g/mol. The second-order valence-corrected chi connectivity index (χ2v) is 12.1. The van der Waals surface area contributed by atoms with Crippen LogP contribution in [-0.2, 0) is 0 Å². The molecule has 1 unspecified atom stereocenters. The predicted molar refractivity (Wildman–Crippen MR) is 176 cm³/mol. The van der Waals surface area contributed by atoms with Gasteiger partial charge >= 0.3 is 0 Å². The van der Waals surface area contributed by atoms with Crippen LogP contribution in [0.25, 0.3) is 0 Å². The molecule has 0 aliphatic heterocycles. The van der Waals surface area contributed by atoms with E-state index in [1.165, 1.54) is 178 Å². The normalized spacial score (nSPS) is 12.6. The first kappa shape index (κ1) is 37.2. The lowest BCUT2D eigenvalue weighted by Gasteiger charge is -2.19. The van der Waals surface area contributed by atoms with Crippen LogP contribution in [0.3, 0.4) is 0 Å². The topological polar surface area (TPSA) is 3.24 Å². The van der Waals surface area contributed by atoms with Gasteiger partial charge in [0.1, 0.15) is 0 Å². The molecule has 0 aliphatic carbocycles. The fraction of sp³-hybridized carbons (Fsp3) is 0.838. The van der Waals surface area contributed by atoms with E-state index in [0.717, 1.165) is 5.92 Å². The maximum absolute atomic E-state index is 4.44. The second kappa shape index (κ2) is 29.2. The summed E-state index contributed by atoms with van der Waals surface area (Å²) in [5.41, 5.74) is 2.99. The standard InChI is InChI=1S/C37H71N/c1-7-11-12-13-14-15-16-17-18-19-20-21-22-23-24-28-35(5)30-32-37(27-8-2)33-31-36(6)29-25-26-34-38(9-3)10-4/h14-15,37H,5-13,16-34H2,1-4H3/b15-14-. The van der Waals surface area contributed by atoms with Crippen LogP contribution in [0, 0.1) is 5.92 Å². The Morgan fingerprint density at radius 1 is 0.526 bits per heavy atom. The third-order valence-electron chi connectivity index (χ3n) is 8.45. The third-order valence-corrected chi connectivity index (χ3v) is 8.45. The van der Waals surface area contributed by atoms with E-state index in [2.05, 4.69) is 57.9 Å². The fourth-order valence-electron chi connectivity index (χ4n) is 5.60. The van der Waals surface area contributed by atoms with Crippen molar-refractivity contribution in [1.29, 1.82) is 0 Å². The predicted octanol–water partition coefficient (Wildman–Crippen LogP) is 12.6. The molecule has 1 atom stereocenters. The molecule has 0 rings (SSSR count). The van der Waals surface area contributed by atoms with Gasteiger partial charge < -0.3 is 4.90 Å². The average molecular weight is 530 g/mol. The van der Waals surface area contributed by atoms with Crippen LogP contribution in [0.1, 0.15) is 175 Å². The summed E-state index contributed by atoms with van der Waals surface area (Å²) in [6, 6.07) is 0. The van der Waals surface area contributed by atoms with Gasteiger partial charge in [-0.05, 0) is 109 Å². The van der Waals surface area contributed by atoms with E-state index in [0.29, 0.717) is 0 Å². The highest BCUT2D eigenvalue weighted by Crippen LogP contribution is 2.26.